The summed E-state index contributed by atoms with van der Waals surface area (Å²) in [4.78, 5) is 24.0. The molecule has 0 spiro atoms. The van der Waals surface area contributed by atoms with Gasteiger partial charge in [0.25, 0.3) is 0 Å². The van der Waals surface area contributed by atoms with Gasteiger partial charge in [0.05, 0.1) is 18.7 Å². The Morgan fingerprint density at radius 1 is 1.22 bits per heavy atom. The average Bonchev–Trinajstić information content (AvgIpc) is 3.17. The number of carbonyl (C=O) groups excluding carboxylic acids is 1. The zero-order valence-electron chi connectivity index (χ0n) is 15.7. The maximum Gasteiger partial charge on any atom is 0.170 e. The molecule has 27 heavy (non-hydrogen) atoms. The molecule has 0 N–H and O–H groups in total. The molecule has 0 bridgehead atoms. The van der Waals surface area contributed by atoms with E-state index in [9.17, 15) is 4.79 Å². The molecule has 1 aliphatic heterocycles. The van der Waals surface area contributed by atoms with E-state index in [1.54, 1.807) is 12.5 Å². The Kier molecular flexibility index (Phi) is 4.43. The van der Waals surface area contributed by atoms with E-state index < -0.39 is 0 Å². The monoisotopic (exact) mass is 362 g/mol. The highest BCUT2D eigenvalue weighted by Gasteiger charge is 2.35. The second kappa shape index (κ2) is 6.90. The number of fused-ring (bicyclic) bond motifs is 3. The number of aromatic nitrogens is 5. The predicted octanol–water partition coefficient (Wildman–Crippen LogP) is 3.16. The number of carbonyl (C=O) groups is 1. The highest BCUT2D eigenvalue weighted by molar-refractivity contribution is 5.97. The lowest BCUT2D eigenvalue weighted by atomic mass is 10.1. The molecule has 0 saturated carbocycles. The van der Waals surface area contributed by atoms with Crippen molar-refractivity contribution in [3.05, 3.63) is 60.1 Å². The summed E-state index contributed by atoms with van der Waals surface area (Å²) >= 11 is 0. The van der Waals surface area contributed by atoms with Crippen LogP contribution in [-0.2, 0) is 6.42 Å². The zero-order chi connectivity index (χ0) is 19.0. The van der Waals surface area contributed by atoms with Gasteiger partial charge in [0.15, 0.2) is 17.4 Å². The van der Waals surface area contributed by atoms with Crippen molar-refractivity contribution < 1.29 is 4.79 Å². The second-order valence-electron chi connectivity index (χ2n) is 6.95. The van der Waals surface area contributed by atoms with E-state index in [0.717, 1.165) is 23.8 Å². The van der Waals surface area contributed by atoms with Crippen molar-refractivity contribution in [2.24, 2.45) is 0 Å². The highest BCUT2D eigenvalue weighted by atomic mass is 16.1. The van der Waals surface area contributed by atoms with Crippen LogP contribution >= 0.6 is 0 Å². The molecule has 0 fully saturated rings. The normalized spacial score (nSPS) is 15.6. The number of benzene rings is 1. The Labute approximate surface area is 158 Å². The molecule has 1 aromatic carbocycles. The SMILES string of the molecule is CC[C@@H]1c2nncn2-c2cnc(CC(=O)c3ccccc3)nc2N1C(C)C. The minimum atomic E-state index is 0.0134. The standard InChI is InChI=1S/C20H22N6O/c1-4-15-20-24-22-12-25(20)16-11-21-18(23-19(16)26(15)13(2)3)10-17(27)14-8-6-5-7-9-14/h5-9,11-13,15H,4,10H2,1-3H3/t15-/m1/s1. The third kappa shape index (κ3) is 2.99. The molecule has 0 aliphatic carbocycles. The van der Waals surface area contributed by atoms with Crippen molar-refractivity contribution in [1.29, 1.82) is 0 Å². The number of ketones is 1. The molecule has 0 amide bonds. The minimum absolute atomic E-state index is 0.0134. The first-order valence-corrected chi connectivity index (χ1v) is 9.23. The molecule has 2 aromatic heterocycles. The van der Waals surface area contributed by atoms with Crippen molar-refractivity contribution >= 4 is 11.6 Å². The van der Waals surface area contributed by atoms with E-state index in [1.165, 1.54) is 0 Å². The molecule has 1 atom stereocenters. The van der Waals surface area contributed by atoms with E-state index >= 15 is 0 Å². The van der Waals surface area contributed by atoms with Gasteiger partial charge in [-0.3, -0.25) is 9.36 Å². The van der Waals surface area contributed by atoms with E-state index in [4.69, 9.17) is 4.98 Å². The molecule has 1 aliphatic rings. The molecule has 4 rings (SSSR count). The van der Waals surface area contributed by atoms with Gasteiger partial charge in [-0.05, 0) is 20.3 Å². The van der Waals surface area contributed by atoms with Crippen LogP contribution in [0.25, 0.3) is 5.69 Å². The fourth-order valence-corrected chi connectivity index (χ4v) is 3.63. The van der Waals surface area contributed by atoms with Gasteiger partial charge in [0.1, 0.15) is 17.8 Å². The first kappa shape index (κ1) is 17.3. The van der Waals surface area contributed by atoms with Gasteiger partial charge in [0, 0.05) is 11.6 Å². The fraction of sp³-hybridized carbons (Fsp3) is 0.350. The number of nitrogens with zero attached hydrogens (tertiary/aromatic N) is 6. The molecule has 0 saturated heterocycles. The summed E-state index contributed by atoms with van der Waals surface area (Å²) in [6.45, 7) is 6.40. The van der Waals surface area contributed by atoms with Crippen LogP contribution in [0.5, 0.6) is 0 Å². The molecule has 3 heterocycles. The summed E-state index contributed by atoms with van der Waals surface area (Å²) in [5.74, 6) is 2.27. The molecule has 0 unspecified atom stereocenters. The molecular formula is C20H22N6O. The van der Waals surface area contributed by atoms with Crippen LogP contribution in [0.15, 0.2) is 42.9 Å². The molecule has 7 nitrogen and oxygen atoms in total. The summed E-state index contributed by atoms with van der Waals surface area (Å²) in [5, 5.41) is 8.39. The van der Waals surface area contributed by atoms with Gasteiger partial charge in [-0.25, -0.2) is 9.97 Å². The lowest BCUT2D eigenvalue weighted by molar-refractivity contribution is 0.0991. The van der Waals surface area contributed by atoms with Crippen molar-refractivity contribution in [3.63, 3.8) is 0 Å². The van der Waals surface area contributed by atoms with Gasteiger partial charge in [-0.2, -0.15) is 0 Å². The number of anilines is 1. The largest absolute Gasteiger partial charge is 0.342 e. The van der Waals surface area contributed by atoms with Crippen molar-refractivity contribution in [2.75, 3.05) is 4.90 Å². The van der Waals surface area contributed by atoms with Crippen LogP contribution in [0.2, 0.25) is 0 Å². The quantitative estimate of drug-likeness (QED) is 0.649. The van der Waals surface area contributed by atoms with Crippen molar-refractivity contribution in [2.45, 2.75) is 45.7 Å². The maximum absolute atomic E-state index is 12.6. The molecule has 3 aromatic rings. The summed E-state index contributed by atoms with van der Waals surface area (Å²) in [6, 6.07) is 9.57. The third-order valence-corrected chi connectivity index (χ3v) is 4.87. The van der Waals surface area contributed by atoms with Crippen LogP contribution in [0.3, 0.4) is 0 Å². The van der Waals surface area contributed by atoms with E-state index in [1.807, 2.05) is 34.9 Å². The predicted molar refractivity (Wildman–Crippen MR) is 102 cm³/mol. The first-order chi connectivity index (χ1) is 13.1. The van der Waals surface area contributed by atoms with Crippen molar-refractivity contribution in [3.8, 4) is 5.69 Å². The number of hydrogen-bond acceptors (Lipinski definition) is 6. The lowest BCUT2D eigenvalue weighted by Crippen LogP contribution is -2.40. The summed E-state index contributed by atoms with van der Waals surface area (Å²) in [5.41, 5.74) is 1.52. The van der Waals surface area contributed by atoms with E-state index in [-0.39, 0.29) is 24.3 Å². The van der Waals surface area contributed by atoms with Crippen LogP contribution in [0.4, 0.5) is 5.82 Å². The Balaban J connectivity index is 1.74. The summed E-state index contributed by atoms with van der Waals surface area (Å²) < 4.78 is 1.95. The summed E-state index contributed by atoms with van der Waals surface area (Å²) in [6.07, 6.45) is 4.53. The summed E-state index contributed by atoms with van der Waals surface area (Å²) in [7, 11) is 0. The average molecular weight is 362 g/mol. The van der Waals surface area contributed by atoms with Crippen LogP contribution < -0.4 is 4.90 Å². The number of Topliss-reactive ketones (excluding diaryl/α,β-unsaturated/α-hetero) is 1. The van der Waals surface area contributed by atoms with Gasteiger partial charge in [-0.15, -0.1) is 10.2 Å². The van der Waals surface area contributed by atoms with Gasteiger partial charge in [0.2, 0.25) is 0 Å². The van der Waals surface area contributed by atoms with E-state index in [2.05, 4.69) is 40.9 Å². The molecule has 0 radical (unpaired) electrons. The Morgan fingerprint density at radius 2 is 2.00 bits per heavy atom. The zero-order valence-corrected chi connectivity index (χ0v) is 15.7. The molecular weight excluding hydrogens is 340 g/mol. The highest BCUT2D eigenvalue weighted by Crippen LogP contribution is 2.38. The van der Waals surface area contributed by atoms with Crippen LogP contribution in [-0.4, -0.2) is 36.6 Å². The second-order valence-corrected chi connectivity index (χ2v) is 6.95. The van der Waals surface area contributed by atoms with Crippen LogP contribution in [0.1, 0.15) is 55.2 Å². The van der Waals surface area contributed by atoms with Gasteiger partial charge in [-0.1, -0.05) is 37.3 Å². The smallest absolute Gasteiger partial charge is 0.170 e. The minimum Gasteiger partial charge on any atom is -0.342 e. The van der Waals surface area contributed by atoms with Crippen molar-refractivity contribution in [1.82, 2.24) is 24.7 Å². The first-order valence-electron chi connectivity index (χ1n) is 9.23. The number of rotatable bonds is 5. The maximum atomic E-state index is 12.6. The van der Waals surface area contributed by atoms with Gasteiger partial charge >= 0.3 is 0 Å². The number of hydrogen-bond donors (Lipinski definition) is 0. The topological polar surface area (TPSA) is 76.8 Å². The fourth-order valence-electron chi connectivity index (χ4n) is 3.63. The Morgan fingerprint density at radius 3 is 2.70 bits per heavy atom. The molecule has 7 heteroatoms. The molecule has 138 valence electrons. The third-order valence-electron chi connectivity index (χ3n) is 4.87. The lowest BCUT2D eigenvalue weighted by Gasteiger charge is -2.39. The van der Waals surface area contributed by atoms with Gasteiger partial charge < -0.3 is 4.90 Å². The Hall–Kier alpha value is -3.09. The van der Waals surface area contributed by atoms with Crippen LogP contribution in [0, 0.1) is 0 Å². The van der Waals surface area contributed by atoms with E-state index in [0.29, 0.717) is 11.4 Å². The Bertz CT molecular complexity index is 966.